The molecule has 1 aromatic heterocycles. The minimum absolute atomic E-state index is 0.0331. The van der Waals surface area contributed by atoms with Gasteiger partial charge in [-0.1, -0.05) is 15.9 Å². The monoisotopic (exact) mass is 326 g/mol. The van der Waals surface area contributed by atoms with Crippen LogP contribution in [0, 0.1) is 5.82 Å². The first-order valence-electron chi connectivity index (χ1n) is 5.53. The highest BCUT2D eigenvalue weighted by atomic mass is 79.9. The highest BCUT2D eigenvalue weighted by molar-refractivity contribution is 9.10. The Balaban J connectivity index is 2.00. The van der Waals surface area contributed by atoms with Crippen LogP contribution >= 0.6 is 15.9 Å². The molecule has 2 rings (SSSR count). The van der Waals surface area contributed by atoms with E-state index in [4.69, 9.17) is 5.73 Å². The number of hydrogen-bond donors (Lipinski definition) is 2. The molecule has 0 saturated heterocycles. The fourth-order valence-electron chi connectivity index (χ4n) is 1.58. The number of nitrogens with two attached hydrogens (primary N) is 1. The molecular weight excluding hydrogens is 315 g/mol. The molecule has 0 unspecified atom stereocenters. The zero-order valence-electron chi connectivity index (χ0n) is 9.94. The second-order valence-electron chi connectivity index (χ2n) is 3.98. The van der Waals surface area contributed by atoms with Gasteiger partial charge in [0.05, 0.1) is 11.9 Å². The van der Waals surface area contributed by atoms with Crippen molar-refractivity contribution in [3.8, 4) is 0 Å². The van der Waals surface area contributed by atoms with Gasteiger partial charge in [-0.15, -0.1) is 0 Å². The van der Waals surface area contributed by atoms with Crippen molar-refractivity contribution in [2.75, 3.05) is 5.32 Å². The minimum atomic E-state index is -0.456. The molecule has 0 saturated carbocycles. The molecule has 0 bridgehead atoms. The van der Waals surface area contributed by atoms with Crippen molar-refractivity contribution in [2.24, 2.45) is 5.73 Å². The molecule has 1 amide bonds. The van der Waals surface area contributed by atoms with Gasteiger partial charge in [0, 0.05) is 17.2 Å². The summed E-state index contributed by atoms with van der Waals surface area (Å²) in [5, 5.41) is 7.07. The number of amides is 1. The number of aromatic nitrogens is 2. The van der Waals surface area contributed by atoms with E-state index < -0.39 is 5.91 Å². The molecule has 0 radical (unpaired) electrons. The molecule has 0 atom stereocenters. The predicted octanol–water partition coefficient (Wildman–Crippen LogP) is 1.88. The van der Waals surface area contributed by atoms with Crippen LogP contribution in [-0.2, 0) is 17.9 Å². The fraction of sp³-hybridized carbons (Fsp3) is 0.167. The third kappa shape index (κ3) is 3.78. The van der Waals surface area contributed by atoms with Crippen LogP contribution < -0.4 is 11.1 Å². The minimum Gasteiger partial charge on any atom is -0.378 e. The molecule has 0 spiro atoms. The van der Waals surface area contributed by atoms with Crippen molar-refractivity contribution in [2.45, 2.75) is 13.1 Å². The quantitative estimate of drug-likeness (QED) is 0.881. The molecule has 100 valence electrons. The van der Waals surface area contributed by atoms with Crippen molar-refractivity contribution in [1.82, 2.24) is 9.78 Å². The summed E-state index contributed by atoms with van der Waals surface area (Å²) < 4.78 is 15.4. The van der Waals surface area contributed by atoms with Crippen molar-refractivity contribution in [1.29, 1.82) is 0 Å². The van der Waals surface area contributed by atoms with Crippen LogP contribution in [0.5, 0.6) is 0 Å². The van der Waals surface area contributed by atoms with E-state index in [0.717, 1.165) is 15.7 Å². The summed E-state index contributed by atoms with van der Waals surface area (Å²) in [5.41, 5.74) is 6.60. The van der Waals surface area contributed by atoms with Gasteiger partial charge in [0.25, 0.3) is 0 Å². The normalized spacial score (nSPS) is 10.4. The molecule has 5 nitrogen and oxygen atoms in total. The molecule has 1 aromatic carbocycles. The van der Waals surface area contributed by atoms with Crippen molar-refractivity contribution in [3.63, 3.8) is 0 Å². The Morgan fingerprint density at radius 1 is 1.53 bits per heavy atom. The van der Waals surface area contributed by atoms with E-state index in [2.05, 4.69) is 26.3 Å². The maximum atomic E-state index is 13.1. The molecule has 3 N–H and O–H groups in total. The first-order chi connectivity index (χ1) is 9.04. The molecule has 1 heterocycles. The summed E-state index contributed by atoms with van der Waals surface area (Å²) in [6, 6.07) is 4.49. The van der Waals surface area contributed by atoms with Gasteiger partial charge >= 0.3 is 0 Å². The molecule has 0 aliphatic heterocycles. The third-order valence-corrected chi connectivity index (χ3v) is 3.22. The summed E-state index contributed by atoms with van der Waals surface area (Å²) in [6.07, 6.45) is 3.24. The van der Waals surface area contributed by atoms with E-state index in [1.165, 1.54) is 16.8 Å². The molecule has 2 aromatic rings. The highest BCUT2D eigenvalue weighted by Gasteiger charge is 2.04. The maximum Gasteiger partial charge on any atom is 0.239 e. The van der Waals surface area contributed by atoms with Gasteiger partial charge < -0.3 is 11.1 Å². The molecule has 0 aliphatic rings. The fourth-order valence-corrected chi connectivity index (χ4v) is 1.96. The molecule has 0 aliphatic carbocycles. The van der Waals surface area contributed by atoms with Gasteiger partial charge in [-0.25, -0.2) is 4.39 Å². The van der Waals surface area contributed by atoms with Gasteiger partial charge in [-0.05, 0) is 23.8 Å². The maximum absolute atomic E-state index is 13.1. The molecule has 19 heavy (non-hydrogen) atoms. The smallest absolute Gasteiger partial charge is 0.239 e. The zero-order valence-corrected chi connectivity index (χ0v) is 11.5. The van der Waals surface area contributed by atoms with Crippen LogP contribution in [0.1, 0.15) is 5.56 Å². The number of nitrogens with zero attached hydrogens (tertiary/aromatic N) is 2. The summed E-state index contributed by atoms with van der Waals surface area (Å²) in [7, 11) is 0. The zero-order chi connectivity index (χ0) is 13.8. The molecular formula is C12H12BrFN4O. The van der Waals surface area contributed by atoms with E-state index >= 15 is 0 Å². The van der Waals surface area contributed by atoms with E-state index in [9.17, 15) is 9.18 Å². The summed E-state index contributed by atoms with van der Waals surface area (Å²) in [5.74, 6) is -0.744. The van der Waals surface area contributed by atoms with E-state index in [1.807, 2.05) is 0 Å². The lowest BCUT2D eigenvalue weighted by Gasteiger charge is -2.06. The van der Waals surface area contributed by atoms with Crippen LogP contribution in [0.25, 0.3) is 0 Å². The van der Waals surface area contributed by atoms with Crippen LogP contribution in [0.15, 0.2) is 35.1 Å². The summed E-state index contributed by atoms with van der Waals surface area (Å²) in [4.78, 5) is 10.7. The lowest BCUT2D eigenvalue weighted by atomic mass is 10.2. The molecule has 0 fully saturated rings. The number of benzene rings is 1. The Hall–Kier alpha value is -1.89. The number of nitrogens with one attached hydrogen (secondary N) is 1. The van der Waals surface area contributed by atoms with Crippen LogP contribution in [-0.4, -0.2) is 15.7 Å². The lowest BCUT2D eigenvalue weighted by Crippen LogP contribution is -2.18. The third-order valence-electron chi connectivity index (χ3n) is 2.44. The SMILES string of the molecule is NC(=O)Cn1cc(NCc2cc(F)ccc2Br)cn1. The van der Waals surface area contributed by atoms with Crippen molar-refractivity contribution >= 4 is 27.5 Å². The average Bonchev–Trinajstić information content (AvgIpc) is 2.77. The summed E-state index contributed by atoms with van der Waals surface area (Å²) >= 11 is 3.35. The first-order valence-corrected chi connectivity index (χ1v) is 6.32. The second-order valence-corrected chi connectivity index (χ2v) is 4.84. The Kier molecular flexibility index (Phi) is 4.16. The lowest BCUT2D eigenvalue weighted by molar-refractivity contribution is -0.118. The first kappa shape index (κ1) is 13.5. The highest BCUT2D eigenvalue weighted by Crippen LogP contribution is 2.19. The van der Waals surface area contributed by atoms with E-state index in [0.29, 0.717) is 6.54 Å². The van der Waals surface area contributed by atoms with Gasteiger partial charge in [0.1, 0.15) is 12.4 Å². The number of anilines is 1. The van der Waals surface area contributed by atoms with E-state index in [1.54, 1.807) is 18.5 Å². The number of carbonyl (C=O) groups is 1. The van der Waals surface area contributed by atoms with Gasteiger partial charge in [-0.2, -0.15) is 5.10 Å². The number of halogens is 2. The van der Waals surface area contributed by atoms with Crippen LogP contribution in [0.4, 0.5) is 10.1 Å². The summed E-state index contributed by atoms with van der Waals surface area (Å²) in [6.45, 7) is 0.478. The van der Waals surface area contributed by atoms with E-state index in [-0.39, 0.29) is 12.4 Å². The Bertz CT molecular complexity index is 599. The van der Waals surface area contributed by atoms with Crippen LogP contribution in [0.2, 0.25) is 0 Å². The van der Waals surface area contributed by atoms with Gasteiger partial charge in [-0.3, -0.25) is 9.48 Å². The van der Waals surface area contributed by atoms with Crippen molar-refractivity contribution in [3.05, 3.63) is 46.4 Å². The standard InChI is InChI=1S/C12H12BrFN4O/c13-11-2-1-9(14)3-8(11)4-16-10-5-17-18(6-10)7-12(15)19/h1-3,5-6,16H,4,7H2,(H2,15,19). The number of carbonyl (C=O) groups excluding carboxylic acids is 1. The predicted molar refractivity (Wildman–Crippen MR) is 72.8 cm³/mol. The Morgan fingerprint density at radius 3 is 3.05 bits per heavy atom. The average molecular weight is 327 g/mol. The van der Waals surface area contributed by atoms with Gasteiger partial charge in [0.15, 0.2) is 0 Å². The Labute approximate surface area is 117 Å². The number of hydrogen-bond acceptors (Lipinski definition) is 3. The second kappa shape index (κ2) is 5.83. The molecule has 7 heteroatoms. The van der Waals surface area contributed by atoms with Crippen LogP contribution in [0.3, 0.4) is 0 Å². The number of primary amides is 1. The topological polar surface area (TPSA) is 72.9 Å². The van der Waals surface area contributed by atoms with Crippen molar-refractivity contribution < 1.29 is 9.18 Å². The van der Waals surface area contributed by atoms with Gasteiger partial charge in [0.2, 0.25) is 5.91 Å². The Morgan fingerprint density at radius 2 is 2.32 bits per heavy atom. The number of rotatable bonds is 5. The largest absolute Gasteiger partial charge is 0.378 e.